The molecule has 0 saturated heterocycles. The summed E-state index contributed by atoms with van der Waals surface area (Å²) >= 11 is 0. The van der Waals surface area contributed by atoms with E-state index < -0.39 is 17.2 Å². The molecule has 0 bridgehead atoms. The van der Waals surface area contributed by atoms with Crippen LogP contribution in [0.15, 0.2) is 4.79 Å². The van der Waals surface area contributed by atoms with Crippen molar-refractivity contribution in [1.29, 1.82) is 0 Å². The molecule has 0 aliphatic carbocycles. The van der Waals surface area contributed by atoms with Gasteiger partial charge in [-0.15, -0.1) is 20.4 Å². The second-order valence-corrected chi connectivity index (χ2v) is 5.27. The van der Waals surface area contributed by atoms with Crippen LogP contribution in [0.5, 0.6) is 11.6 Å². The predicted molar refractivity (Wildman–Crippen MR) is 84.1 cm³/mol. The molecule has 0 amide bonds. The minimum Gasteiger partial charge on any atom is -0.499 e. The van der Waals surface area contributed by atoms with Crippen molar-refractivity contribution >= 4 is 0 Å². The van der Waals surface area contributed by atoms with Gasteiger partial charge in [0, 0.05) is 5.41 Å². The zero-order chi connectivity index (χ0) is 17.6. The van der Waals surface area contributed by atoms with Gasteiger partial charge < -0.3 is 15.2 Å². The average molecular weight is 322 g/mol. The summed E-state index contributed by atoms with van der Waals surface area (Å²) in [5.41, 5.74) is -1.15. The fraction of sp³-hybridized carbons (Fsp3) is 0.571. The molecule has 0 atom stereocenters. The molecule has 126 valence electrons. The summed E-state index contributed by atoms with van der Waals surface area (Å²) in [6, 6.07) is 0. The Bertz CT molecular complexity index is 697. The fourth-order valence-electron chi connectivity index (χ4n) is 1.89. The van der Waals surface area contributed by atoms with E-state index in [1.54, 1.807) is 0 Å². The molecule has 9 nitrogen and oxygen atoms in total. The first-order valence-electron chi connectivity index (χ1n) is 7.45. The van der Waals surface area contributed by atoms with Crippen molar-refractivity contribution in [3.8, 4) is 23.3 Å². The third-order valence-corrected chi connectivity index (χ3v) is 3.05. The van der Waals surface area contributed by atoms with E-state index in [2.05, 4.69) is 37.3 Å². The van der Waals surface area contributed by atoms with Gasteiger partial charge in [0.2, 0.25) is 11.6 Å². The highest BCUT2D eigenvalue weighted by Crippen LogP contribution is 2.24. The lowest BCUT2D eigenvalue weighted by Gasteiger charge is -2.20. The Balaban J connectivity index is 0.00000127. The molecular weight excluding hydrogens is 300 g/mol. The molecule has 0 unspecified atom stereocenters. The standard InChI is InChI=1S/C12H16N6O3.C2H6/c1-4-5-12(2,3)11-17-15-8(16-18-11)7-13-9(20)6(19)10(21)14-7;1-2/h19H,4-5H2,1-3H3,(H2,13,14,20,21);1-2H3. The number of aromatic hydroxyl groups is 2. The second kappa shape index (κ2) is 7.61. The lowest BCUT2D eigenvalue weighted by Crippen LogP contribution is -2.22. The van der Waals surface area contributed by atoms with E-state index in [1.807, 2.05) is 27.7 Å². The monoisotopic (exact) mass is 322 g/mol. The van der Waals surface area contributed by atoms with Crippen LogP contribution in [0.2, 0.25) is 0 Å². The zero-order valence-corrected chi connectivity index (χ0v) is 14.0. The molecular formula is C14H22N6O3. The third-order valence-electron chi connectivity index (χ3n) is 3.05. The summed E-state index contributed by atoms with van der Waals surface area (Å²) in [4.78, 5) is 17.2. The van der Waals surface area contributed by atoms with E-state index in [1.165, 1.54) is 0 Å². The van der Waals surface area contributed by atoms with Crippen LogP contribution < -0.4 is 5.56 Å². The van der Waals surface area contributed by atoms with Gasteiger partial charge in [0.1, 0.15) is 0 Å². The zero-order valence-electron chi connectivity index (χ0n) is 14.0. The molecule has 2 aromatic heterocycles. The van der Waals surface area contributed by atoms with Crippen molar-refractivity contribution < 1.29 is 10.2 Å². The molecule has 2 aromatic rings. The van der Waals surface area contributed by atoms with E-state index in [9.17, 15) is 9.90 Å². The maximum absolute atomic E-state index is 11.3. The SMILES string of the molecule is CC.CCCC(C)(C)c1nnc(-c2nc(O)c(O)c(=O)[nH]2)nn1. The lowest BCUT2D eigenvalue weighted by atomic mass is 9.87. The molecule has 0 fully saturated rings. The minimum absolute atomic E-state index is 0.0431. The molecule has 2 rings (SSSR count). The first-order valence-corrected chi connectivity index (χ1v) is 7.45. The Morgan fingerprint density at radius 3 is 2.13 bits per heavy atom. The summed E-state index contributed by atoms with van der Waals surface area (Å²) in [6.45, 7) is 10.0. The summed E-state index contributed by atoms with van der Waals surface area (Å²) < 4.78 is 0. The molecule has 0 radical (unpaired) electrons. The van der Waals surface area contributed by atoms with E-state index in [4.69, 9.17) is 5.11 Å². The molecule has 3 N–H and O–H groups in total. The van der Waals surface area contributed by atoms with Crippen LogP contribution in [0.4, 0.5) is 0 Å². The minimum atomic E-state index is -0.892. The van der Waals surface area contributed by atoms with Crippen LogP contribution in [0.25, 0.3) is 11.6 Å². The summed E-state index contributed by atoms with van der Waals surface area (Å²) in [7, 11) is 0. The van der Waals surface area contributed by atoms with Crippen molar-refractivity contribution in [3.63, 3.8) is 0 Å². The number of hydrogen-bond acceptors (Lipinski definition) is 8. The number of nitrogens with zero attached hydrogens (tertiary/aromatic N) is 5. The Hall–Kier alpha value is -2.58. The molecule has 2 heterocycles. The maximum atomic E-state index is 11.3. The van der Waals surface area contributed by atoms with E-state index >= 15 is 0 Å². The Morgan fingerprint density at radius 2 is 1.65 bits per heavy atom. The van der Waals surface area contributed by atoms with Crippen LogP contribution >= 0.6 is 0 Å². The van der Waals surface area contributed by atoms with Crippen LogP contribution in [0.1, 0.15) is 53.3 Å². The first-order chi connectivity index (χ1) is 10.8. The smallest absolute Gasteiger partial charge is 0.297 e. The largest absolute Gasteiger partial charge is 0.499 e. The summed E-state index contributed by atoms with van der Waals surface area (Å²) in [5, 5.41) is 34.2. The fourth-order valence-corrected chi connectivity index (χ4v) is 1.89. The first kappa shape index (κ1) is 18.5. The molecule has 23 heavy (non-hydrogen) atoms. The molecule has 0 aliphatic heterocycles. The highest BCUT2D eigenvalue weighted by atomic mass is 16.3. The van der Waals surface area contributed by atoms with Crippen LogP contribution in [0.3, 0.4) is 0 Å². The van der Waals surface area contributed by atoms with Crippen LogP contribution in [-0.4, -0.2) is 40.6 Å². The molecule has 9 heteroatoms. The highest BCUT2D eigenvalue weighted by molar-refractivity contribution is 5.44. The number of hydrogen-bond donors (Lipinski definition) is 3. The van der Waals surface area contributed by atoms with E-state index in [-0.39, 0.29) is 17.1 Å². The molecule has 0 aliphatic rings. The van der Waals surface area contributed by atoms with Gasteiger partial charge in [-0.3, -0.25) is 4.79 Å². The lowest BCUT2D eigenvalue weighted by molar-refractivity contribution is 0.382. The maximum Gasteiger partial charge on any atom is 0.297 e. The van der Waals surface area contributed by atoms with Gasteiger partial charge in [-0.05, 0) is 6.42 Å². The van der Waals surface area contributed by atoms with Gasteiger partial charge >= 0.3 is 0 Å². The predicted octanol–water partition coefficient (Wildman–Crippen LogP) is 1.53. The van der Waals surface area contributed by atoms with Crippen molar-refractivity contribution in [2.75, 3.05) is 0 Å². The van der Waals surface area contributed by atoms with Gasteiger partial charge in [0.15, 0.2) is 11.6 Å². The van der Waals surface area contributed by atoms with Crippen LogP contribution in [-0.2, 0) is 5.41 Å². The van der Waals surface area contributed by atoms with E-state index in [0.29, 0.717) is 5.82 Å². The third kappa shape index (κ3) is 4.21. The number of aromatic amines is 1. The number of H-pyrrole nitrogens is 1. The Labute approximate surface area is 133 Å². The number of aromatic nitrogens is 6. The van der Waals surface area contributed by atoms with Crippen molar-refractivity contribution in [1.82, 2.24) is 30.4 Å². The van der Waals surface area contributed by atoms with Gasteiger partial charge in [0.05, 0.1) is 0 Å². The number of rotatable bonds is 4. The van der Waals surface area contributed by atoms with Crippen molar-refractivity contribution in [3.05, 3.63) is 16.2 Å². The molecule has 0 spiro atoms. The normalized spacial score (nSPS) is 10.8. The topological polar surface area (TPSA) is 138 Å². The number of nitrogens with one attached hydrogen (secondary N) is 1. The summed E-state index contributed by atoms with van der Waals surface area (Å²) in [6.07, 6.45) is 1.85. The highest BCUT2D eigenvalue weighted by Gasteiger charge is 2.24. The second-order valence-electron chi connectivity index (χ2n) is 5.27. The average Bonchev–Trinajstić information content (AvgIpc) is 2.54. The van der Waals surface area contributed by atoms with Crippen LogP contribution in [0, 0.1) is 0 Å². The van der Waals surface area contributed by atoms with Gasteiger partial charge in [-0.2, -0.15) is 4.98 Å². The summed E-state index contributed by atoms with van der Waals surface area (Å²) in [5.74, 6) is -1.33. The van der Waals surface area contributed by atoms with Gasteiger partial charge in [0.25, 0.3) is 11.4 Å². The van der Waals surface area contributed by atoms with Gasteiger partial charge in [-0.25, -0.2) is 0 Å². The van der Waals surface area contributed by atoms with E-state index in [0.717, 1.165) is 12.8 Å². The molecule has 0 saturated carbocycles. The Kier molecular flexibility index (Phi) is 6.11. The van der Waals surface area contributed by atoms with Gasteiger partial charge in [-0.1, -0.05) is 41.0 Å². The van der Waals surface area contributed by atoms with Crippen molar-refractivity contribution in [2.45, 2.75) is 52.9 Å². The van der Waals surface area contributed by atoms with Crippen molar-refractivity contribution in [2.24, 2.45) is 0 Å². The molecule has 0 aromatic carbocycles. The Morgan fingerprint density at radius 1 is 1.09 bits per heavy atom. The quantitative estimate of drug-likeness (QED) is 0.770.